The minimum absolute atomic E-state index is 0.0194. The average Bonchev–Trinajstić information content (AvgIpc) is 2.49. The highest BCUT2D eigenvalue weighted by molar-refractivity contribution is 5.30. The molecule has 1 saturated heterocycles. The van der Waals surface area contributed by atoms with Crippen molar-refractivity contribution in [2.45, 2.75) is 24.9 Å². The van der Waals surface area contributed by atoms with Crippen LogP contribution in [-0.4, -0.2) is 38.1 Å². The molecular formula is C15H23NO3. The molecule has 1 aliphatic heterocycles. The molecule has 2 unspecified atom stereocenters. The van der Waals surface area contributed by atoms with E-state index in [1.165, 1.54) is 0 Å². The van der Waals surface area contributed by atoms with Gasteiger partial charge in [0, 0.05) is 25.7 Å². The Morgan fingerprint density at radius 3 is 2.47 bits per heavy atom. The topological polar surface area (TPSA) is 64.7 Å². The maximum absolute atomic E-state index is 10.5. The molecular weight excluding hydrogens is 242 g/mol. The van der Waals surface area contributed by atoms with Crippen molar-refractivity contribution in [3.8, 4) is 5.75 Å². The van der Waals surface area contributed by atoms with Crippen LogP contribution in [0.1, 0.15) is 24.3 Å². The Labute approximate surface area is 114 Å². The summed E-state index contributed by atoms with van der Waals surface area (Å²) in [7, 11) is 1.65. The number of rotatable bonds is 5. The summed E-state index contributed by atoms with van der Waals surface area (Å²) in [6.07, 6.45) is 1.42. The SMILES string of the molecule is COc1ccc(C(CN)C(O)C2CCOCC2)cc1. The van der Waals surface area contributed by atoms with Crippen molar-refractivity contribution >= 4 is 0 Å². The van der Waals surface area contributed by atoms with Gasteiger partial charge in [-0.2, -0.15) is 0 Å². The number of methoxy groups -OCH3 is 1. The highest BCUT2D eigenvalue weighted by atomic mass is 16.5. The normalized spacial score (nSPS) is 19.9. The van der Waals surface area contributed by atoms with Gasteiger partial charge in [0.2, 0.25) is 0 Å². The van der Waals surface area contributed by atoms with E-state index in [-0.39, 0.29) is 11.8 Å². The Bertz CT molecular complexity index is 373. The first-order valence-electron chi connectivity index (χ1n) is 6.86. The lowest BCUT2D eigenvalue weighted by molar-refractivity contribution is -0.00194. The van der Waals surface area contributed by atoms with Crippen LogP contribution in [0, 0.1) is 5.92 Å². The first kappa shape index (κ1) is 14.3. The van der Waals surface area contributed by atoms with Gasteiger partial charge in [-0.3, -0.25) is 0 Å². The molecule has 19 heavy (non-hydrogen) atoms. The zero-order chi connectivity index (χ0) is 13.7. The number of hydrogen-bond acceptors (Lipinski definition) is 4. The molecule has 4 heteroatoms. The van der Waals surface area contributed by atoms with E-state index in [0.717, 1.165) is 37.4 Å². The predicted octanol–water partition coefficient (Wildman–Crippen LogP) is 1.52. The van der Waals surface area contributed by atoms with E-state index in [9.17, 15) is 5.11 Å². The van der Waals surface area contributed by atoms with E-state index in [1.807, 2.05) is 24.3 Å². The second-order valence-corrected chi connectivity index (χ2v) is 5.06. The van der Waals surface area contributed by atoms with Crippen molar-refractivity contribution in [1.82, 2.24) is 0 Å². The molecule has 1 heterocycles. The van der Waals surface area contributed by atoms with Crippen LogP contribution in [0.5, 0.6) is 5.75 Å². The maximum Gasteiger partial charge on any atom is 0.118 e. The fraction of sp³-hybridized carbons (Fsp3) is 0.600. The van der Waals surface area contributed by atoms with Crippen LogP contribution >= 0.6 is 0 Å². The van der Waals surface area contributed by atoms with Crippen molar-refractivity contribution < 1.29 is 14.6 Å². The Kier molecular flexibility index (Phi) is 5.19. The van der Waals surface area contributed by atoms with Crippen molar-refractivity contribution in [1.29, 1.82) is 0 Å². The van der Waals surface area contributed by atoms with Crippen LogP contribution in [-0.2, 0) is 4.74 Å². The lowest BCUT2D eigenvalue weighted by Gasteiger charge is -2.32. The second-order valence-electron chi connectivity index (χ2n) is 5.06. The lowest BCUT2D eigenvalue weighted by atomic mass is 9.82. The third kappa shape index (κ3) is 3.47. The van der Waals surface area contributed by atoms with Gasteiger partial charge in [0.25, 0.3) is 0 Å². The van der Waals surface area contributed by atoms with Crippen LogP contribution in [0.2, 0.25) is 0 Å². The van der Waals surface area contributed by atoms with E-state index in [4.69, 9.17) is 15.2 Å². The molecule has 0 spiro atoms. The number of nitrogens with two attached hydrogens (primary N) is 1. The van der Waals surface area contributed by atoms with Gasteiger partial charge in [-0.1, -0.05) is 12.1 Å². The van der Waals surface area contributed by atoms with E-state index in [0.29, 0.717) is 6.54 Å². The Morgan fingerprint density at radius 2 is 1.95 bits per heavy atom. The zero-order valence-corrected chi connectivity index (χ0v) is 11.4. The quantitative estimate of drug-likeness (QED) is 0.847. The van der Waals surface area contributed by atoms with Gasteiger partial charge in [0.15, 0.2) is 0 Å². The van der Waals surface area contributed by atoms with Crippen molar-refractivity contribution in [3.05, 3.63) is 29.8 Å². The average molecular weight is 265 g/mol. The molecule has 0 bridgehead atoms. The number of aliphatic hydroxyl groups is 1. The van der Waals surface area contributed by atoms with Gasteiger partial charge in [-0.25, -0.2) is 0 Å². The summed E-state index contributed by atoms with van der Waals surface area (Å²) in [6, 6.07) is 7.79. The fourth-order valence-corrected chi connectivity index (χ4v) is 2.71. The van der Waals surface area contributed by atoms with Crippen LogP contribution < -0.4 is 10.5 Å². The van der Waals surface area contributed by atoms with E-state index < -0.39 is 6.10 Å². The van der Waals surface area contributed by atoms with Crippen molar-refractivity contribution in [2.75, 3.05) is 26.9 Å². The Hall–Kier alpha value is -1.10. The van der Waals surface area contributed by atoms with Gasteiger partial charge in [-0.05, 0) is 36.5 Å². The van der Waals surface area contributed by atoms with Gasteiger partial charge < -0.3 is 20.3 Å². The van der Waals surface area contributed by atoms with Crippen LogP contribution in [0.3, 0.4) is 0 Å². The van der Waals surface area contributed by atoms with E-state index >= 15 is 0 Å². The minimum Gasteiger partial charge on any atom is -0.497 e. The molecule has 0 radical (unpaired) electrons. The molecule has 1 aromatic rings. The fourth-order valence-electron chi connectivity index (χ4n) is 2.71. The second kappa shape index (κ2) is 6.89. The third-order valence-electron chi connectivity index (χ3n) is 3.96. The zero-order valence-electron chi connectivity index (χ0n) is 11.4. The Balaban J connectivity index is 2.08. The first-order valence-corrected chi connectivity index (χ1v) is 6.86. The molecule has 0 aromatic heterocycles. The van der Waals surface area contributed by atoms with Gasteiger partial charge in [0.1, 0.15) is 5.75 Å². The van der Waals surface area contributed by atoms with Crippen LogP contribution in [0.15, 0.2) is 24.3 Å². The third-order valence-corrected chi connectivity index (χ3v) is 3.96. The highest BCUT2D eigenvalue weighted by Crippen LogP contribution is 2.30. The molecule has 0 amide bonds. The number of benzene rings is 1. The summed E-state index contributed by atoms with van der Waals surface area (Å²) < 4.78 is 10.5. The van der Waals surface area contributed by atoms with Crippen molar-refractivity contribution in [2.24, 2.45) is 11.7 Å². The summed E-state index contributed by atoms with van der Waals surface area (Å²) in [5.41, 5.74) is 6.93. The molecule has 0 aliphatic carbocycles. The molecule has 1 aromatic carbocycles. The predicted molar refractivity (Wildman–Crippen MR) is 74.3 cm³/mol. The molecule has 2 rings (SSSR count). The minimum atomic E-state index is -0.401. The van der Waals surface area contributed by atoms with Crippen LogP contribution in [0.25, 0.3) is 0 Å². The van der Waals surface area contributed by atoms with Gasteiger partial charge >= 0.3 is 0 Å². The standard InChI is InChI=1S/C15H23NO3/c1-18-13-4-2-11(3-5-13)14(10-16)15(17)12-6-8-19-9-7-12/h2-5,12,14-15,17H,6-10,16H2,1H3. The molecule has 0 saturated carbocycles. The largest absolute Gasteiger partial charge is 0.497 e. The summed E-state index contributed by atoms with van der Waals surface area (Å²) in [6.45, 7) is 1.92. The maximum atomic E-state index is 10.5. The first-order chi connectivity index (χ1) is 9.26. The number of aliphatic hydroxyl groups excluding tert-OH is 1. The van der Waals surface area contributed by atoms with Gasteiger partial charge in [0.05, 0.1) is 13.2 Å². The van der Waals surface area contributed by atoms with Gasteiger partial charge in [-0.15, -0.1) is 0 Å². The summed E-state index contributed by atoms with van der Waals surface area (Å²) in [4.78, 5) is 0. The molecule has 1 aliphatic rings. The molecule has 4 nitrogen and oxygen atoms in total. The summed E-state index contributed by atoms with van der Waals surface area (Å²) in [5, 5.41) is 10.5. The smallest absolute Gasteiger partial charge is 0.118 e. The lowest BCUT2D eigenvalue weighted by Crippen LogP contribution is -2.35. The number of hydrogen-bond donors (Lipinski definition) is 2. The molecule has 2 atom stereocenters. The van der Waals surface area contributed by atoms with Crippen molar-refractivity contribution in [3.63, 3.8) is 0 Å². The molecule has 1 fully saturated rings. The summed E-state index contributed by atoms with van der Waals surface area (Å²) in [5.74, 6) is 1.08. The van der Waals surface area contributed by atoms with E-state index in [2.05, 4.69) is 0 Å². The number of ether oxygens (including phenoxy) is 2. The monoisotopic (exact) mass is 265 g/mol. The van der Waals surface area contributed by atoms with E-state index in [1.54, 1.807) is 7.11 Å². The van der Waals surface area contributed by atoms with Crippen LogP contribution in [0.4, 0.5) is 0 Å². The molecule has 106 valence electrons. The Morgan fingerprint density at radius 1 is 1.32 bits per heavy atom. The highest BCUT2D eigenvalue weighted by Gasteiger charge is 2.29. The summed E-state index contributed by atoms with van der Waals surface area (Å²) >= 11 is 0. The molecule has 3 N–H and O–H groups in total.